The number of rotatable bonds is 5. The van der Waals surface area contributed by atoms with E-state index < -0.39 is 0 Å². The molecule has 0 aliphatic carbocycles. The van der Waals surface area contributed by atoms with E-state index in [9.17, 15) is 4.79 Å². The van der Waals surface area contributed by atoms with Crippen LogP contribution >= 0.6 is 11.3 Å². The first kappa shape index (κ1) is 15.4. The fourth-order valence-corrected chi connectivity index (χ4v) is 2.70. The number of likely N-dealkylation sites (N-methyl/N-ethyl adjacent to an activating group) is 1. The van der Waals surface area contributed by atoms with E-state index in [-0.39, 0.29) is 11.2 Å². The average molecular weight is 267 g/mol. The zero-order chi connectivity index (χ0) is 13.9. The number of Topliss-reactive ketones (excluding diaryl/α,β-unsaturated/α-hetero) is 1. The van der Waals surface area contributed by atoms with Gasteiger partial charge in [-0.05, 0) is 37.9 Å². The molecule has 0 aliphatic rings. The van der Waals surface area contributed by atoms with Gasteiger partial charge in [0.15, 0.2) is 5.78 Å². The van der Waals surface area contributed by atoms with Crippen LogP contribution in [0.2, 0.25) is 0 Å². The lowest BCUT2D eigenvalue weighted by molar-refractivity contribution is 0.0857. The Morgan fingerprint density at radius 1 is 1.39 bits per heavy atom. The second-order valence-electron chi connectivity index (χ2n) is 6.00. The predicted octanol–water partition coefficient (Wildman–Crippen LogP) is 3.86. The zero-order valence-electron chi connectivity index (χ0n) is 12.4. The number of thiophene rings is 1. The molecule has 1 heterocycles. The minimum Gasteiger partial charge on any atom is -0.296 e. The van der Waals surface area contributed by atoms with Crippen molar-refractivity contribution in [2.45, 2.75) is 47.1 Å². The maximum atomic E-state index is 12.2. The summed E-state index contributed by atoms with van der Waals surface area (Å²) in [6, 6.07) is 4.40. The number of carbonyl (C=O) groups excluding carboxylic acids is 1. The van der Waals surface area contributed by atoms with Crippen LogP contribution in [-0.4, -0.2) is 30.3 Å². The molecule has 1 aromatic heterocycles. The van der Waals surface area contributed by atoms with Crippen LogP contribution < -0.4 is 0 Å². The Kier molecular flexibility index (Phi) is 5.11. The highest BCUT2D eigenvalue weighted by atomic mass is 32.1. The van der Waals surface area contributed by atoms with Crippen molar-refractivity contribution in [2.75, 3.05) is 13.6 Å². The first-order valence-corrected chi connectivity index (χ1v) is 7.39. The summed E-state index contributed by atoms with van der Waals surface area (Å²) >= 11 is 1.63. The second kappa shape index (κ2) is 5.98. The van der Waals surface area contributed by atoms with Crippen LogP contribution in [0.5, 0.6) is 0 Å². The number of hydrogen-bond acceptors (Lipinski definition) is 3. The summed E-state index contributed by atoms with van der Waals surface area (Å²) in [5.74, 6) is 0.235. The molecule has 0 amide bonds. The van der Waals surface area contributed by atoms with Gasteiger partial charge in [-0.25, -0.2) is 0 Å². The maximum absolute atomic E-state index is 12.2. The molecule has 0 fully saturated rings. The molecule has 1 aromatic rings. The largest absolute Gasteiger partial charge is 0.296 e. The molecule has 0 N–H and O–H groups in total. The van der Waals surface area contributed by atoms with E-state index in [2.05, 4.69) is 45.6 Å². The number of ketones is 1. The molecule has 2 nitrogen and oxygen atoms in total. The molecule has 0 spiro atoms. The van der Waals surface area contributed by atoms with Gasteiger partial charge in [0.2, 0.25) is 0 Å². The SMILES string of the molecule is CCc1ccc(C(=O)CN(C)C(C)C(C)(C)C)s1. The number of aryl methyl sites for hydroxylation is 1. The van der Waals surface area contributed by atoms with Crippen molar-refractivity contribution in [1.29, 1.82) is 0 Å². The van der Waals surface area contributed by atoms with Crippen molar-refractivity contribution in [1.82, 2.24) is 4.90 Å². The standard InChI is InChI=1S/C15H25NOS/c1-7-12-8-9-14(18-12)13(17)10-16(6)11(2)15(3,4)5/h8-9,11H,7,10H2,1-6H3. The van der Waals surface area contributed by atoms with Crippen LogP contribution in [-0.2, 0) is 6.42 Å². The van der Waals surface area contributed by atoms with Crippen molar-refractivity contribution in [3.05, 3.63) is 21.9 Å². The van der Waals surface area contributed by atoms with Crippen LogP contribution in [0.3, 0.4) is 0 Å². The first-order chi connectivity index (χ1) is 8.25. The predicted molar refractivity (Wildman–Crippen MR) is 79.6 cm³/mol. The van der Waals surface area contributed by atoms with E-state index in [1.807, 2.05) is 13.1 Å². The molecule has 0 radical (unpaired) electrons. The van der Waals surface area contributed by atoms with Crippen molar-refractivity contribution >= 4 is 17.1 Å². The van der Waals surface area contributed by atoms with Crippen molar-refractivity contribution < 1.29 is 4.79 Å². The van der Waals surface area contributed by atoms with E-state index in [0.717, 1.165) is 11.3 Å². The molecular formula is C15H25NOS. The molecule has 102 valence electrons. The van der Waals surface area contributed by atoms with Gasteiger partial charge in [0.05, 0.1) is 11.4 Å². The highest BCUT2D eigenvalue weighted by Crippen LogP contribution is 2.24. The quantitative estimate of drug-likeness (QED) is 0.755. The molecule has 3 heteroatoms. The Morgan fingerprint density at radius 2 is 2.00 bits per heavy atom. The zero-order valence-corrected chi connectivity index (χ0v) is 13.2. The minimum absolute atomic E-state index is 0.194. The van der Waals surface area contributed by atoms with E-state index in [1.165, 1.54) is 4.88 Å². The molecule has 1 unspecified atom stereocenters. The summed E-state index contributed by atoms with van der Waals surface area (Å²) in [5.41, 5.74) is 0.194. The summed E-state index contributed by atoms with van der Waals surface area (Å²) in [4.78, 5) is 16.5. The highest BCUT2D eigenvalue weighted by molar-refractivity contribution is 7.14. The van der Waals surface area contributed by atoms with Gasteiger partial charge in [-0.3, -0.25) is 9.69 Å². The van der Waals surface area contributed by atoms with Crippen LogP contribution in [0.1, 0.15) is 49.2 Å². The van der Waals surface area contributed by atoms with Crippen LogP contribution in [0.15, 0.2) is 12.1 Å². The van der Waals surface area contributed by atoms with E-state index in [1.54, 1.807) is 11.3 Å². The fourth-order valence-electron chi connectivity index (χ4n) is 1.82. The van der Waals surface area contributed by atoms with Gasteiger partial charge >= 0.3 is 0 Å². The van der Waals surface area contributed by atoms with Gasteiger partial charge in [-0.2, -0.15) is 0 Å². The second-order valence-corrected chi connectivity index (χ2v) is 7.17. The summed E-state index contributed by atoms with van der Waals surface area (Å²) in [7, 11) is 2.03. The Hall–Kier alpha value is -0.670. The molecule has 0 bridgehead atoms. The van der Waals surface area contributed by atoms with Crippen molar-refractivity contribution in [3.63, 3.8) is 0 Å². The number of carbonyl (C=O) groups is 1. The molecule has 0 saturated carbocycles. The molecule has 0 aromatic carbocycles. The van der Waals surface area contributed by atoms with Crippen molar-refractivity contribution in [2.24, 2.45) is 5.41 Å². The van der Waals surface area contributed by atoms with Gasteiger partial charge in [0.1, 0.15) is 0 Å². The lowest BCUT2D eigenvalue weighted by atomic mass is 9.87. The van der Waals surface area contributed by atoms with Crippen LogP contribution in [0, 0.1) is 5.41 Å². The van der Waals surface area contributed by atoms with Crippen molar-refractivity contribution in [3.8, 4) is 0 Å². The van der Waals surface area contributed by atoms with Crippen LogP contribution in [0.4, 0.5) is 0 Å². The summed E-state index contributed by atoms with van der Waals surface area (Å²) in [5, 5.41) is 0. The number of hydrogen-bond donors (Lipinski definition) is 0. The molecular weight excluding hydrogens is 242 g/mol. The van der Waals surface area contributed by atoms with E-state index in [0.29, 0.717) is 12.6 Å². The number of nitrogens with zero attached hydrogens (tertiary/aromatic N) is 1. The third kappa shape index (κ3) is 3.92. The lowest BCUT2D eigenvalue weighted by Crippen LogP contribution is -2.41. The lowest BCUT2D eigenvalue weighted by Gasteiger charge is -2.34. The molecule has 18 heavy (non-hydrogen) atoms. The maximum Gasteiger partial charge on any atom is 0.186 e. The Labute approximate surface area is 115 Å². The summed E-state index contributed by atoms with van der Waals surface area (Å²) < 4.78 is 0. The first-order valence-electron chi connectivity index (χ1n) is 6.57. The monoisotopic (exact) mass is 267 g/mol. The Bertz CT molecular complexity index is 403. The molecule has 1 rings (SSSR count). The topological polar surface area (TPSA) is 20.3 Å². The third-order valence-corrected chi connectivity index (χ3v) is 4.86. The molecule has 1 atom stereocenters. The molecule has 0 saturated heterocycles. The minimum atomic E-state index is 0.194. The van der Waals surface area contributed by atoms with Gasteiger partial charge in [-0.15, -0.1) is 11.3 Å². The van der Waals surface area contributed by atoms with Crippen LogP contribution in [0.25, 0.3) is 0 Å². The van der Waals surface area contributed by atoms with Gasteiger partial charge in [-0.1, -0.05) is 27.7 Å². The van der Waals surface area contributed by atoms with Gasteiger partial charge in [0, 0.05) is 10.9 Å². The van der Waals surface area contributed by atoms with E-state index >= 15 is 0 Å². The van der Waals surface area contributed by atoms with Gasteiger partial charge < -0.3 is 0 Å². The average Bonchev–Trinajstić information content (AvgIpc) is 2.75. The Balaban J connectivity index is 2.65. The smallest absolute Gasteiger partial charge is 0.186 e. The fraction of sp³-hybridized carbons (Fsp3) is 0.667. The van der Waals surface area contributed by atoms with E-state index in [4.69, 9.17) is 0 Å². The highest BCUT2D eigenvalue weighted by Gasteiger charge is 2.25. The third-order valence-electron chi connectivity index (χ3n) is 3.59. The Morgan fingerprint density at radius 3 is 2.44 bits per heavy atom. The van der Waals surface area contributed by atoms with Gasteiger partial charge in [0.25, 0.3) is 0 Å². The summed E-state index contributed by atoms with van der Waals surface area (Å²) in [6.45, 7) is 11.4. The summed E-state index contributed by atoms with van der Waals surface area (Å²) in [6.07, 6.45) is 1.01. The molecule has 0 aliphatic heterocycles. The normalized spacial score (nSPS) is 13.9.